The van der Waals surface area contributed by atoms with Gasteiger partial charge in [-0.3, -0.25) is 9.52 Å². The minimum absolute atomic E-state index is 0.203. The van der Waals surface area contributed by atoms with Crippen molar-refractivity contribution in [2.75, 3.05) is 22.7 Å². The highest BCUT2D eigenvalue weighted by Gasteiger charge is 2.16. The molecular formula is C24H26ClN5O2S2. The van der Waals surface area contributed by atoms with E-state index in [0.29, 0.717) is 22.1 Å². The second-order valence-electron chi connectivity index (χ2n) is 7.28. The minimum Gasteiger partial charge on any atom is -0.388 e. The average Bonchev–Trinajstić information content (AvgIpc) is 3.24. The summed E-state index contributed by atoms with van der Waals surface area (Å²) in [6.45, 7) is 5.36. The highest BCUT2D eigenvalue weighted by molar-refractivity contribution is 7.99. The average molecular weight is 516 g/mol. The number of nitrogens with one attached hydrogen (secondary N) is 3. The lowest BCUT2D eigenvalue weighted by Gasteiger charge is -2.20. The van der Waals surface area contributed by atoms with Gasteiger partial charge in [-0.1, -0.05) is 30.7 Å². The largest absolute Gasteiger partial charge is 0.388 e. The Morgan fingerprint density at radius 3 is 2.35 bits per heavy atom. The Balaban J connectivity index is 1.75. The maximum Gasteiger partial charge on any atom is 0.329 e. The first-order valence-corrected chi connectivity index (χ1v) is 12.6. The van der Waals surface area contributed by atoms with E-state index in [4.69, 9.17) is 11.6 Å². The molecule has 0 fully saturated rings. The van der Waals surface area contributed by atoms with Gasteiger partial charge in [0.2, 0.25) is 5.91 Å². The van der Waals surface area contributed by atoms with Crippen molar-refractivity contribution in [3.8, 4) is 0 Å². The van der Waals surface area contributed by atoms with Crippen LogP contribution in [0.3, 0.4) is 0 Å². The summed E-state index contributed by atoms with van der Waals surface area (Å²) in [6.07, 6.45) is 0.661. The first-order valence-electron chi connectivity index (χ1n) is 10.6. The zero-order chi connectivity index (χ0) is 24.7. The molecule has 0 spiro atoms. The molecule has 1 aromatic heterocycles. The predicted molar refractivity (Wildman–Crippen MR) is 144 cm³/mol. The lowest BCUT2D eigenvalue weighted by molar-refractivity contribution is -0.116. The summed E-state index contributed by atoms with van der Waals surface area (Å²) in [5, 5.41) is 12.0. The standard InChI is InChI=1S/C24H26ClN5O2S2/c1-5-20(17-6-8-18(26-4)9-7-17)28-30(16(3)31)21-11-10-19(14-15(21)2)27-24(32)29-34-23-13-12-22(25)33-23/h6-14,26H,5H2,1-4H3,(H2,27,29,32)/b28-20+. The molecule has 2 aromatic carbocycles. The number of hydrogen-bond donors (Lipinski definition) is 3. The van der Waals surface area contributed by atoms with Crippen LogP contribution in [0, 0.1) is 6.92 Å². The van der Waals surface area contributed by atoms with Crippen LogP contribution in [-0.2, 0) is 4.79 Å². The number of hydrogen-bond acceptors (Lipinski definition) is 6. The van der Waals surface area contributed by atoms with Gasteiger partial charge in [-0.2, -0.15) is 5.10 Å². The van der Waals surface area contributed by atoms with E-state index >= 15 is 0 Å². The van der Waals surface area contributed by atoms with Crippen LogP contribution in [0.25, 0.3) is 0 Å². The van der Waals surface area contributed by atoms with Gasteiger partial charge in [0.25, 0.3) is 0 Å². The first-order chi connectivity index (χ1) is 16.3. The number of carbonyl (C=O) groups excluding carboxylic acids is 2. The quantitative estimate of drug-likeness (QED) is 0.176. The molecule has 0 aliphatic heterocycles. The van der Waals surface area contributed by atoms with Gasteiger partial charge in [0, 0.05) is 25.3 Å². The molecule has 178 valence electrons. The Bertz CT molecular complexity index is 1190. The third kappa shape index (κ3) is 6.75. The van der Waals surface area contributed by atoms with Crippen LogP contribution in [0.5, 0.6) is 0 Å². The van der Waals surface area contributed by atoms with E-state index in [1.165, 1.54) is 35.2 Å². The second-order valence-corrected chi connectivity index (χ2v) is 10.1. The summed E-state index contributed by atoms with van der Waals surface area (Å²) in [5.74, 6) is -0.203. The number of hydrazone groups is 1. The van der Waals surface area contributed by atoms with E-state index < -0.39 is 0 Å². The fourth-order valence-electron chi connectivity index (χ4n) is 3.15. The molecule has 7 nitrogen and oxygen atoms in total. The van der Waals surface area contributed by atoms with Gasteiger partial charge in [0.15, 0.2) is 0 Å². The number of urea groups is 1. The van der Waals surface area contributed by atoms with Gasteiger partial charge in [-0.05, 0) is 78.9 Å². The molecule has 0 atom stereocenters. The van der Waals surface area contributed by atoms with E-state index in [1.807, 2.05) is 51.2 Å². The molecule has 0 saturated carbocycles. The summed E-state index contributed by atoms with van der Waals surface area (Å²) in [7, 11) is 1.87. The molecule has 0 aliphatic carbocycles. The van der Waals surface area contributed by atoms with Crippen molar-refractivity contribution in [2.24, 2.45) is 5.10 Å². The summed E-state index contributed by atoms with van der Waals surface area (Å²) < 4.78 is 4.27. The number of rotatable bonds is 8. The van der Waals surface area contributed by atoms with Crippen LogP contribution in [-0.4, -0.2) is 24.7 Å². The molecule has 3 amide bonds. The number of thiophene rings is 1. The molecular weight excluding hydrogens is 490 g/mol. The third-order valence-corrected chi connectivity index (χ3v) is 6.99. The van der Waals surface area contributed by atoms with Gasteiger partial charge < -0.3 is 10.6 Å². The summed E-state index contributed by atoms with van der Waals surface area (Å²) in [6, 6.07) is 16.5. The molecule has 0 aliphatic rings. The number of anilines is 3. The zero-order valence-corrected chi connectivity index (χ0v) is 21.7. The smallest absolute Gasteiger partial charge is 0.329 e. The van der Waals surface area contributed by atoms with Gasteiger partial charge in [-0.15, -0.1) is 11.3 Å². The van der Waals surface area contributed by atoms with Crippen molar-refractivity contribution in [3.05, 3.63) is 70.1 Å². The normalized spacial score (nSPS) is 11.1. The molecule has 10 heteroatoms. The van der Waals surface area contributed by atoms with Gasteiger partial charge in [-0.25, -0.2) is 9.80 Å². The molecule has 3 N–H and O–H groups in total. The molecule has 0 bridgehead atoms. The van der Waals surface area contributed by atoms with Crippen molar-refractivity contribution in [3.63, 3.8) is 0 Å². The molecule has 0 unspecified atom stereocenters. The number of halogens is 1. The van der Waals surface area contributed by atoms with E-state index in [2.05, 4.69) is 20.5 Å². The number of nitrogens with zero attached hydrogens (tertiary/aromatic N) is 2. The molecule has 1 heterocycles. The summed E-state index contributed by atoms with van der Waals surface area (Å²) in [5.41, 5.74) is 4.81. The topological polar surface area (TPSA) is 85.8 Å². The monoisotopic (exact) mass is 515 g/mol. The van der Waals surface area contributed by atoms with Crippen molar-refractivity contribution >= 4 is 69.6 Å². The fraction of sp³-hybridized carbons (Fsp3) is 0.208. The number of amides is 3. The van der Waals surface area contributed by atoms with Crippen molar-refractivity contribution in [2.45, 2.75) is 31.4 Å². The molecule has 0 saturated heterocycles. The number of carbonyl (C=O) groups is 2. The lowest BCUT2D eigenvalue weighted by atomic mass is 10.1. The van der Waals surface area contributed by atoms with Gasteiger partial charge >= 0.3 is 6.03 Å². The predicted octanol–water partition coefficient (Wildman–Crippen LogP) is 6.75. The van der Waals surface area contributed by atoms with Gasteiger partial charge in [0.1, 0.15) is 0 Å². The van der Waals surface area contributed by atoms with Crippen LogP contribution in [0.1, 0.15) is 31.4 Å². The third-order valence-electron chi connectivity index (χ3n) is 4.84. The Morgan fingerprint density at radius 2 is 1.79 bits per heavy atom. The SMILES string of the molecule is CC/C(=N\N(C(C)=O)c1ccc(NC(=O)NSc2ccc(Cl)s2)cc1C)c1ccc(NC)cc1. The van der Waals surface area contributed by atoms with Crippen LogP contribution >= 0.6 is 34.9 Å². The molecule has 3 rings (SSSR count). The van der Waals surface area contributed by atoms with Crippen molar-refractivity contribution in [1.82, 2.24) is 4.72 Å². The molecule has 3 aromatic rings. The van der Waals surface area contributed by atoms with Crippen molar-refractivity contribution < 1.29 is 9.59 Å². The van der Waals surface area contributed by atoms with Crippen LogP contribution < -0.4 is 20.4 Å². The number of aryl methyl sites for hydroxylation is 1. The van der Waals surface area contributed by atoms with E-state index in [-0.39, 0.29) is 11.9 Å². The Morgan fingerprint density at radius 1 is 1.09 bits per heavy atom. The summed E-state index contributed by atoms with van der Waals surface area (Å²) in [4.78, 5) is 24.7. The van der Waals surface area contributed by atoms with Crippen LogP contribution in [0.2, 0.25) is 4.34 Å². The Labute approximate surface area is 212 Å². The Hall–Kier alpha value is -3.01. The second kappa shape index (κ2) is 11.9. The van der Waals surface area contributed by atoms with E-state index in [1.54, 1.807) is 24.3 Å². The Kier molecular flexibility index (Phi) is 8.98. The molecule has 0 radical (unpaired) electrons. The lowest BCUT2D eigenvalue weighted by Crippen LogP contribution is -2.26. The first kappa shape index (κ1) is 25.6. The number of benzene rings is 2. The van der Waals surface area contributed by atoms with Gasteiger partial charge in [0.05, 0.1) is 19.9 Å². The summed E-state index contributed by atoms with van der Waals surface area (Å²) >= 11 is 8.49. The minimum atomic E-state index is -0.360. The maximum absolute atomic E-state index is 12.5. The molecule has 34 heavy (non-hydrogen) atoms. The van der Waals surface area contributed by atoms with Crippen LogP contribution in [0.4, 0.5) is 21.9 Å². The van der Waals surface area contributed by atoms with Crippen LogP contribution in [0.15, 0.2) is 63.9 Å². The fourth-order valence-corrected chi connectivity index (χ4v) is 5.01. The van der Waals surface area contributed by atoms with Crippen molar-refractivity contribution in [1.29, 1.82) is 0 Å². The zero-order valence-electron chi connectivity index (χ0n) is 19.3. The maximum atomic E-state index is 12.5. The highest BCUT2D eigenvalue weighted by atomic mass is 35.5. The highest BCUT2D eigenvalue weighted by Crippen LogP contribution is 2.29. The van der Waals surface area contributed by atoms with E-state index in [9.17, 15) is 9.59 Å². The van der Waals surface area contributed by atoms with E-state index in [0.717, 1.165) is 26.7 Å².